The third kappa shape index (κ3) is 4.00. The first kappa shape index (κ1) is 12.9. The Morgan fingerprint density at radius 3 is 2.59 bits per heavy atom. The van der Waals surface area contributed by atoms with Gasteiger partial charge in [-0.2, -0.15) is 0 Å². The zero-order valence-corrected chi connectivity index (χ0v) is 11.8. The fraction of sp³-hybridized carbons (Fsp3) is 0.571. The molecule has 1 aliphatic rings. The maximum Gasteiger partial charge on any atom is 0.0318 e. The highest BCUT2D eigenvalue weighted by Gasteiger charge is 2.11. The predicted molar refractivity (Wildman–Crippen MR) is 76.9 cm³/mol. The van der Waals surface area contributed by atoms with Crippen molar-refractivity contribution in [3.05, 3.63) is 28.2 Å². The first-order valence-electron chi connectivity index (χ1n) is 6.53. The average Bonchev–Trinajstić information content (AvgIpc) is 2.59. The van der Waals surface area contributed by atoms with Crippen molar-refractivity contribution >= 4 is 21.6 Å². The minimum absolute atomic E-state index is 0.686. The van der Waals surface area contributed by atoms with Crippen molar-refractivity contribution in [2.75, 3.05) is 5.73 Å². The van der Waals surface area contributed by atoms with E-state index in [0.29, 0.717) is 6.04 Å². The van der Waals surface area contributed by atoms with E-state index in [-0.39, 0.29) is 0 Å². The van der Waals surface area contributed by atoms with E-state index in [1.165, 1.54) is 44.1 Å². The normalized spacial score (nSPS) is 17.9. The Balaban J connectivity index is 1.89. The fourth-order valence-corrected chi connectivity index (χ4v) is 2.85. The SMILES string of the molecule is Nc1ccc(Br)c(CNC2CCCCCC2)c1. The van der Waals surface area contributed by atoms with Gasteiger partial charge in [-0.1, -0.05) is 41.6 Å². The highest BCUT2D eigenvalue weighted by atomic mass is 79.9. The summed E-state index contributed by atoms with van der Waals surface area (Å²) < 4.78 is 1.15. The van der Waals surface area contributed by atoms with Crippen LogP contribution in [-0.4, -0.2) is 6.04 Å². The van der Waals surface area contributed by atoms with Crippen LogP contribution in [0.1, 0.15) is 44.1 Å². The molecule has 0 atom stereocenters. The molecule has 2 rings (SSSR count). The monoisotopic (exact) mass is 296 g/mol. The summed E-state index contributed by atoms with van der Waals surface area (Å²) in [6.07, 6.45) is 8.19. The molecule has 0 aromatic heterocycles. The Hall–Kier alpha value is -0.540. The summed E-state index contributed by atoms with van der Waals surface area (Å²) in [4.78, 5) is 0. The maximum absolute atomic E-state index is 5.81. The van der Waals surface area contributed by atoms with E-state index in [0.717, 1.165) is 16.7 Å². The van der Waals surface area contributed by atoms with Crippen molar-refractivity contribution < 1.29 is 0 Å². The van der Waals surface area contributed by atoms with E-state index in [4.69, 9.17) is 5.73 Å². The average molecular weight is 297 g/mol. The van der Waals surface area contributed by atoms with E-state index in [1.54, 1.807) is 0 Å². The molecule has 0 spiro atoms. The summed E-state index contributed by atoms with van der Waals surface area (Å²) in [6, 6.07) is 6.69. The van der Waals surface area contributed by atoms with Crippen LogP contribution in [0.5, 0.6) is 0 Å². The number of hydrogen-bond acceptors (Lipinski definition) is 2. The van der Waals surface area contributed by atoms with E-state index >= 15 is 0 Å². The van der Waals surface area contributed by atoms with Gasteiger partial charge in [-0.15, -0.1) is 0 Å². The number of nitrogen functional groups attached to an aromatic ring is 1. The number of anilines is 1. The Morgan fingerprint density at radius 1 is 1.18 bits per heavy atom. The number of hydrogen-bond donors (Lipinski definition) is 2. The summed E-state index contributed by atoms with van der Waals surface area (Å²) in [5.74, 6) is 0. The molecule has 0 unspecified atom stereocenters. The van der Waals surface area contributed by atoms with Crippen LogP contribution in [0.4, 0.5) is 5.69 Å². The molecule has 1 aromatic rings. The van der Waals surface area contributed by atoms with Gasteiger partial charge in [-0.05, 0) is 36.6 Å². The molecule has 3 N–H and O–H groups in total. The summed E-state index contributed by atoms with van der Waals surface area (Å²) >= 11 is 3.58. The van der Waals surface area contributed by atoms with Crippen molar-refractivity contribution in [2.24, 2.45) is 0 Å². The first-order chi connectivity index (χ1) is 8.25. The molecule has 17 heavy (non-hydrogen) atoms. The molecule has 0 aliphatic heterocycles. The fourth-order valence-electron chi connectivity index (χ4n) is 2.47. The van der Waals surface area contributed by atoms with E-state index in [1.807, 2.05) is 18.2 Å². The van der Waals surface area contributed by atoms with E-state index in [9.17, 15) is 0 Å². The molecule has 2 nitrogen and oxygen atoms in total. The van der Waals surface area contributed by atoms with Gasteiger partial charge < -0.3 is 11.1 Å². The van der Waals surface area contributed by atoms with Gasteiger partial charge in [-0.25, -0.2) is 0 Å². The predicted octanol–water partition coefficient (Wildman–Crippen LogP) is 3.84. The van der Waals surface area contributed by atoms with Crippen molar-refractivity contribution in [2.45, 2.75) is 51.1 Å². The number of nitrogens with two attached hydrogens (primary N) is 1. The molecule has 1 fully saturated rings. The molecular formula is C14H21BrN2. The van der Waals surface area contributed by atoms with Gasteiger partial charge >= 0.3 is 0 Å². The summed E-state index contributed by atoms with van der Waals surface area (Å²) in [5.41, 5.74) is 7.91. The van der Waals surface area contributed by atoms with Crippen LogP contribution in [0.25, 0.3) is 0 Å². The Morgan fingerprint density at radius 2 is 1.88 bits per heavy atom. The second-order valence-corrected chi connectivity index (χ2v) is 5.77. The van der Waals surface area contributed by atoms with E-state index in [2.05, 4.69) is 21.2 Å². The highest BCUT2D eigenvalue weighted by Crippen LogP contribution is 2.21. The lowest BCUT2D eigenvalue weighted by atomic mass is 10.1. The van der Waals surface area contributed by atoms with Gasteiger partial charge in [0.2, 0.25) is 0 Å². The molecule has 0 bridgehead atoms. The molecular weight excluding hydrogens is 276 g/mol. The standard InChI is InChI=1S/C14H21BrN2/c15-14-8-7-12(16)9-11(14)10-17-13-5-3-1-2-4-6-13/h7-9,13,17H,1-6,10,16H2. The van der Waals surface area contributed by atoms with Crippen molar-refractivity contribution in [3.63, 3.8) is 0 Å². The third-order valence-electron chi connectivity index (χ3n) is 3.51. The molecule has 1 saturated carbocycles. The van der Waals surface area contributed by atoms with Crippen LogP contribution in [0, 0.1) is 0 Å². The Labute approximate surface area is 112 Å². The number of benzene rings is 1. The molecule has 0 heterocycles. The summed E-state index contributed by atoms with van der Waals surface area (Å²) in [5, 5.41) is 3.66. The van der Waals surface area contributed by atoms with Gasteiger partial charge in [0.25, 0.3) is 0 Å². The zero-order valence-electron chi connectivity index (χ0n) is 10.2. The molecule has 1 aliphatic carbocycles. The molecule has 94 valence electrons. The van der Waals surface area contributed by atoms with Gasteiger partial charge in [0.05, 0.1) is 0 Å². The minimum Gasteiger partial charge on any atom is -0.399 e. The number of nitrogens with one attached hydrogen (secondary N) is 1. The lowest BCUT2D eigenvalue weighted by molar-refractivity contribution is 0.459. The maximum atomic E-state index is 5.81. The third-order valence-corrected chi connectivity index (χ3v) is 4.28. The molecule has 0 radical (unpaired) electrons. The summed E-state index contributed by atoms with van der Waals surface area (Å²) in [6.45, 7) is 0.913. The van der Waals surface area contributed by atoms with Gasteiger partial charge in [0, 0.05) is 22.7 Å². The lowest BCUT2D eigenvalue weighted by Gasteiger charge is -2.17. The van der Waals surface area contributed by atoms with Crippen molar-refractivity contribution in [1.29, 1.82) is 0 Å². The van der Waals surface area contributed by atoms with Crippen LogP contribution in [0.2, 0.25) is 0 Å². The second-order valence-electron chi connectivity index (χ2n) is 4.92. The van der Waals surface area contributed by atoms with Crippen LogP contribution in [-0.2, 0) is 6.54 Å². The zero-order chi connectivity index (χ0) is 12.1. The topological polar surface area (TPSA) is 38.0 Å². The van der Waals surface area contributed by atoms with Crippen molar-refractivity contribution in [1.82, 2.24) is 5.32 Å². The molecule has 1 aromatic carbocycles. The van der Waals surface area contributed by atoms with Crippen LogP contribution < -0.4 is 11.1 Å². The van der Waals surface area contributed by atoms with Crippen molar-refractivity contribution in [3.8, 4) is 0 Å². The molecule has 0 amide bonds. The minimum atomic E-state index is 0.686. The van der Waals surface area contributed by atoms with Gasteiger partial charge in [-0.3, -0.25) is 0 Å². The smallest absolute Gasteiger partial charge is 0.0318 e. The number of halogens is 1. The first-order valence-corrected chi connectivity index (χ1v) is 7.32. The van der Waals surface area contributed by atoms with Gasteiger partial charge in [0.1, 0.15) is 0 Å². The van der Waals surface area contributed by atoms with Gasteiger partial charge in [0.15, 0.2) is 0 Å². The Bertz CT molecular complexity index is 357. The van der Waals surface area contributed by atoms with Crippen LogP contribution >= 0.6 is 15.9 Å². The Kier molecular flexibility index (Phi) is 4.86. The number of rotatable bonds is 3. The van der Waals surface area contributed by atoms with E-state index < -0.39 is 0 Å². The largest absolute Gasteiger partial charge is 0.399 e. The highest BCUT2D eigenvalue weighted by molar-refractivity contribution is 9.10. The molecule has 0 saturated heterocycles. The quantitative estimate of drug-likeness (QED) is 0.657. The summed E-state index contributed by atoms with van der Waals surface area (Å²) in [7, 11) is 0. The van der Waals surface area contributed by atoms with Crippen LogP contribution in [0.15, 0.2) is 22.7 Å². The lowest BCUT2D eigenvalue weighted by Crippen LogP contribution is -2.28. The molecule has 3 heteroatoms. The van der Waals surface area contributed by atoms with Crippen LogP contribution in [0.3, 0.4) is 0 Å². The second kappa shape index (κ2) is 6.41.